The number of benzene rings is 2. The highest BCUT2D eigenvalue weighted by Crippen LogP contribution is 2.38. The van der Waals surface area contributed by atoms with Crippen molar-refractivity contribution < 1.29 is 27.1 Å². The van der Waals surface area contributed by atoms with Gasteiger partial charge in [0, 0.05) is 24.4 Å². The van der Waals surface area contributed by atoms with Gasteiger partial charge in [0.1, 0.15) is 23.9 Å². The van der Waals surface area contributed by atoms with E-state index in [1.54, 1.807) is 17.8 Å². The number of fused-ring (bicyclic) bond motifs is 1. The van der Waals surface area contributed by atoms with Crippen LogP contribution >= 0.6 is 23.2 Å². The molecule has 2 aromatic carbocycles. The van der Waals surface area contributed by atoms with Crippen LogP contribution in [0, 0.1) is 5.82 Å². The quantitative estimate of drug-likeness (QED) is 0.346. The molecule has 1 atom stereocenters. The van der Waals surface area contributed by atoms with E-state index in [4.69, 9.17) is 32.7 Å². The zero-order valence-electron chi connectivity index (χ0n) is 19.6. The highest BCUT2D eigenvalue weighted by molar-refractivity contribution is 7.89. The summed E-state index contributed by atoms with van der Waals surface area (Å²) in [6.07, 6.45) is 3.63. The molecular weight excluding hydrogens is 532 g/mol. The summed E-state index contributed by atoms with van der Waals surface area (Å²) >= 11 is 12.0. The first-order valence-electron chi connectivity index (χ1n) is 11.2. The molecule has 0 saturated heterocycles. The number of hydrogen-bond donors (Lipinski definition) is 0. The van der Waals surface area contributed by atoms with Crippen LogP contribution in [0.4, 0.5) is 4.39 Å². The standard InChI is InChI=1S/C24H24Cl2FN3O5S/c1-3-34-24(31)14-30-22-6-4-5-21(17(22)13-28-30)29(2)36(32,33)16-8-10-23(19(26)12-16)35-15-7-9-18(25)20(27)11-15/h7-13,21H,3-6,14H2,1-2H3/t21-/m1/s1. The Hall–Kier alpha value is -2.66. The van der Waals surface area contributed by atoms with Gasteiger partial charge in [-0.25, -0.2) is 12.8 Å². The fourth-order valence-corrected chi connectivity index (χ4v) is 5.96. The second-order valence-electron chi connectivity index (χ2n) is 8.21. The smallest absolute Gasteiger partial charge is 0.327 e. The number of carbonyl (C=O) groups is 1. The lowest BCUT2D eigenvalue weighted by molar-refractivity contribution is -0.144. The molecule has 3 aromatic rings. The fraction of sp³-hybridized carbons (Fsp3) is 0.333. The molecule has 1 aromatic heterocycles. The van der Waals surface area contributed by atoms with E-state index in [1.165, 1.54) is 41.7 Å². The third-order valence-corrected chi connectivity index (χ3v) is 8.42. The van der Waals surface area contributed by atoms with E-state index >= 15 is 0 Å². The molecular formula is C24H24Cl2FN3O5S. The van der Waals surface area contributed by atoms with E-state index in [1.807, 2.05) is 0 Å². The number of aromatic nitrogens is 2. The Morgan fingerprint density at radius 3 is 2.69 bits per heavy atom. The van der Waals surface area contributed by atoms with Crippen molar-refractivity contribution in [1.82, 2.24) is 14.1 Å². The minimum Gasteiger partial charge on any atom is -0.465 e. The molecule has 0 amide bonds. The predicted molar refractivity (Wildman–Crippen MR) is 132 cm³/mol. The molecule has 0 bridgehead atoms. The summed E-state index contributed by atoms with van der Waals surface area (Å²) in [5.41, 5.74) is 1.57. The van der Waals surface area contributed by atoms with Gasteiger partial charge in [0.15, 0.2) is 0 Å². The number of sulfonamides is 1. The summed E-state index contributed by atoms with van der Waals surface area (Å²) in [6.45, 7) is 1.98. The molecule has 0 N–H and O–H groups in total. The summed E-state index contributed by atoms with van der Waals surface area (Å²) in [6, 6.07) is 7.57. The van der Waals surface area contributed by atoms with Crippen molar-refractivity contribution in [2.75, 3.05) is 13.7 Å². The van der Waals surface area contributed by atoms with Crippen LogP contribution < -0.4 is 4.74 Å². The lowest BCUT2D eigenvalue weighted by Crippen LogP contribution is -2.33. The lowest BCUT2D eigenvalue weighted by atomic mass is 9.93. The van der Waals surface area contributed by atoms with Gasteiger partial charge < -0.3 is 9.47 Å². The molecule has 1 aliphatic rings. The van der Waals surface area contributed by atoms with Gasteiger partial charge in [-0.15, -0.1) is 0 Å². The van der Waals surface area contributed by atoms with Gasteiger partial charge in [0.25, 0.3) is 0 Å². The molecule has 8 nitrogen and oxygen atoms in total. The largest absolute Gasteiger partial charge is 0.465 e. The molecule has 0 radical (unpaired) electrons. The predicted octanol–water partition coefficient (Wildman–Crippen LogP) is 5.38. The maximum atomic E-state index is 13.7. The van der Waals surface area contributed by atoms with Crippen molar-refractivity contribution in [3.05, 3.63) is 69.7 Å². The number of carbonyl (C=O) groups excluding carboxylic acids is 1. The van der Waals surface area contributed by atoms with Crippen molar-refractivity contribution in [3.8, 4) is 11.5 Å². The number of nitrogens with zero attached hydrogens (tertiary/aromatic N) is 3. The van der Waals surface area contributed by atoms with Gasteiger partial charge in [-0.1, -0.05) is 23.2 Å². The highest BCUT2D eigenvalue weighted by Gasteiger charge is 2.34. The Bertz CT molecular complexity index is 1400. The second-order valence-corrected chi connectivity index (χ2v) is 11.0. The first-order chi connectivity index (χ1) is 17.1. The van der Waals surface area contributed by atoms with E-state index < -0.39 is 27.9 Å². The van der Waals surface area contributed by atoms with Gasteiger partial charge in [0.2, 0.25) is 10.0 Å². The Balaban J connectivity index is 1.56. The number of halogens is 3. The SMILES string of the molecule is CCOC(=O)Cn1ncc2c1CCC[C@H]2N(C)S(=O)(=O)c1ccc(Oc2ccc(Cl)c(F)c2)c(Cl)c1. The molecule has 0 fully saturated rings. The highest BCUT2D eigenvalue weighted by atomic mass is 35.5. The van der Waals surface area contributed by atoms with E-state index in [9.17, 15) is 17.6 Å². The summed E-state index contributed by atoms with van der Waals surface area (Å²) < 4.78 is 54.1. The lowest BCUT2D eigenvalue weighted by Gasteiger charge is -2.31. The van der Waals surface area contributed by atoms with Crippen LogP contribution in [0.25, 0.3) is 0 Å². The van der Waals surface area contributed by atoms with Gasteiger partial charge in [0.05, 0.1) is 33.8 Å². The molecule has 0 unspecified atom stereocenters. The van der Waals surface area contributed by atoms with Crippen LogP contribution in [-0.4, -0.2) is 42.1 Å². The van der Waals surface area contributed by atoms with Crippen LogP contribution in [0.2, 0.25) is 10.0 Å². The zero-order chi connectivity index (χ0) is 26.0. The monoisotopic (exact) mass is 555 g/mol. The van der Waals surface area contributed by atoms with Gasteiger partial charge in [-0.3, -0.25) is 9.48 Å². The maximum Gasteiger partial charge on any atom is 0.327 e. The van der Waals surface area contributed by atoms with Gasteiger partial charge in [-0.2, -0.15) is 9.40 Å². The Morgan fingerprint density at radius 1 is 1.22 bits per heavy atom. The number of esters is 1. The van der Waals surface area contributed by atoms with Gasteiger partial charge >= 0.3 is 5.97 Å². The van der Waals surface area contributed by atoms with Crippen LogP contribution in [0.15, 0.2) is 47.5 Å². The summed E-state index contributed by atoms with van der Waals surface area (Å²) in [4.78, 5) is 11.9. The summed E-state index contributed by atoms with van der Waals surface area (Å²) in [5, 5.41) is 4.31. The van der Waals surface area contributed by atoms with Crippen molar-refractivity contribution in [3.63, 3.8) is 0 Å². The number of hydrogen-bond acceptors (Lipinski definition) is 6. The molecule has 0 aliphatic heterocycles. The molecule has 4 rings (SSSR count). The van der Waals surface area contributed by atoms with Crippen molar-refractivity contribution >= 4 is 39.2 Å². The molecule has 36 heavy (non-hydrogen) atoms. The topological polar surface area (TPSA) is 90.7 Å². The van der Waals surface area contributed by atoms with Crippen LogP contribution in [-0.2, 0) is 32.5 Å². The molecule has 1 heterocycles. The van der Waals surface area contributed by atoms with E-state index in [0.29, 0.717) is 12.8 Å². The van der Waals surface area contributed by atoms with Crippen LogP contribution in [0.3, 0.4) is 0 Å². The molecule has 12 heteroatoms. The summed E-state index contributed by atoms with van der Waals surface area (Å²) in [5.74, 6) is -0.713. The van der Waals surface area contributed by atoms with Crippen molar-refractivity contribution in [1.29, 1.82) is 0 Å². The van der Waals surface area contributed by atoms with E-state index in [2.05, 4.69) is 5.10 Å². The number of rotatable bonds is 8. The third-order valence-electron chi connectivity index (χ3n) is 5.95. The number of ether oxygens (including phenoxy) is 2. The van der Waals surface area contributed by atoms with Crippen LogP contribution in [0.5, 0.6) is 11.5 Å². The first kappa shape index (κ1) is 26.4. The minimum absolute atomic E-state index is 0.0179. The second kappa shape index (κ2) is 10.8. The van der Waals surface area contributed by atoms with Crippen molar-refractivity contribution in [2.45, 2.75) is 43.7 Å². The Kier molecular flexibility index (Phi) is 7.89. The van der Waals surface area contributed by atoms with E-state index in [-0.39, 0.29) is 39.6 Å². The fourth-order valence-electron chi connectivity index (χ4n) is 4.16. The average molecular weight is 556 g/mol. The normalized spacial score (nSPS) is 15.6. The Labute approximate surface area is 218 Å². The summed E-state index contributed by atoms with van der Waals surface area (Å²) in [7, 11) is -2.43. The maximum absolute atomic E-state index is 13.7. The van der Waals surface area contributed by atoms with Crippen LogP contribution in [0.1, 0.15) is 37.1 Å². The molecule has 1 aliphatic carbocycles. The van der Waals surface area contributed by atoms with Gasteiger partial charge in [-0.05, 0) is 56.5 Å². The molecule has 192 valence electrons. The van der Waals surface area contributed by atoms with Crippen molar-refractivity contribution in [2.24, 2.45) is 0 Å². The minimum atomic E-state index is -3.94. The van der Waals surface area contributed by atoms with E-state index in [0.717, 1.165) is 23.7 Å². The third kappa shape index (κ3) is 5.36. The Morgan fingerprint density at radius 2 is 2.00 bits per heavy atom. The zero-order valence-corrected chi connectivity index (χ0v) is 21.9. The average Bonchev–Trinajstić information content (AvgIpc) is 3.25. The molecule has 0 spiro atoms. The molecule has 0 saturated carbocycles. The first-order valence-corrected chi connectivity index (χ1v) is 13.4.